The summed E-state index contributed by atoms with van der Waals surface area (Å²) in [6, 6.07) is 18.3. The Bertz CT molecular complexity index is 914. The van der Waals surface area contributed by atoms with E-state index in [0.29, 0.717) is 13.2 Å². The van der Waals surface area contributed by atoms with Crippen LogP contribution in [0.2, 0.25) is 0 Å². The largest absolute Gasteiger partial charge is 0.381 e. The maximum atomic E-state index is 12.9. The third-order valence-electron chi connectivity index (χ3n) is 4.58. The quantitative estimate of drug-likeness (QED) is 0.472. The van der Waals surface area contributed by atoms with Crippen molar-refractivity contribution < 1.29 is 9.53 Å². The van der Waals surface area contributed by atoms with Crippen LogP contribution in [0.3, 0.4) is 0 Å². The van der Waals surface area contributed by atoms with E-state index in [1.54, 1.807) is 0 Å². The molecule has 26 heavy (non-hydrogen) atoms. The van der Waals surface area contributed by atoms with Gasteiger partial charge in [-0.3, -0.25) is 4.79 Å². The number of benzene rings is 3. The van der Waals surface area contributed by atoms with Crippen LogP contribution < -0.4 is 5.32 Å². The van der Waals surface area contributed by atoms with Crippen molar-refractivity contribution in [3.8, 4) is 0 Å². The molecule has 3 heteroatoms. The number of carbonyl (C=O) groups is 1. The number of amides is 1. The van der Waals surface area contributed by atoms with Crippen LogP contribution in [0, 0.1) is 5.41 Å². The predicted octanol–water partition coefficient (Wildman–Crippen LogP) is 5.18. The van der Waals surface area contributed by atoms with Gasteiger partial charge in [-0.05, 0) is 34.0 Å². The highest BCUT2D eigenvalue weighted by atomic mass is 16.5. The van der Waals surface area contributed by atoms with Crippen molar-refractivity contribution in [3.05, 3.63) is 60.2 Å². The molecule has 1 N–H and O–H groups in total. The van der Waals surface area contributed by atoms with Gasteiger partial charge in [0.05, 0.1) is 6.61 Å². The van der Waals surface area contributed by atoms with E-state index in [-0.39, 0.29) is 11.3 Å². The number of fused-ring (bicyclic) bond motifs is 3. The van der Waals surface area contributed by atoms with Crippen LogP contribution in [0.15, 0.2) is 54.6 Å². The molecule has 1 amide bonds. The second-order valence-corrected chi connectivity index (χ2v) is 7.59. The molecule has 0 heterocycles. The van der Waals surface area contributed by atoms with Crippen molar-refractivity contribution in [1.29, 1.82) is 0 Å². The van der Waals surface area contributed by atoms with Gasteiger partial charge in [-0.25, -0.2) is 0 Å². The highest BCUT2D eigenvalue weighted by Gasteiger charge is 2.20. The minimum atomic E-state index is -0.0997. The lowest BCUT2D eigenvalue weighted by molar-refractivity contribution is 0.0599. The van der Waals surface area contributed by atoms with E-state index in [0.717, 1.165) is 34.7 Å². The number of ether oxygens (including phenoxy) is 1. The van der Waals surface area contributed by atoms with Gasteiger partial charge in [0.1, 0.15) is 0 Å². The Hall–Kier alpha value is -2.39. The number of hydrogen-bond acceptors (Lipinski definition) is 2. The molecule has 0 aliphatic rings. The molecule has 0 aliphatic heterocycles. The van der Waals surface area contributed by atoms with Crippen molar-refractivity contribution in [2.45, 2.75) is 27.2 Å². The van der Waals surface area contributed by atoms with Gasteiger partial charge in [-0.1, -0.05) is 69.3 Å². The Morgan fingerprint density at radius 2 is 1.65 bits per heavy atom. The van der Waals surface area contributed by atoms with Gasteiger partial charge in [-0.15, -0.1) is 0 Å². The van der Waals surface area contributed by atoms with Crippen molar-refractivity contribution in [3.63, 3.8) is 0 Å². The molecule has 3 nitrogen and oxygen atoms in total. The number of carbonyl (C=O) groups excluding carboxylic acids is 1. The zero-order valence-corrected chi connectivity index (χ0v) is 15.8. The molecule has 0 aliphatic carbocycles. The van der Waals surface area contributed by atoms with E-state index < -0.39 is 0 Å². The Morgan fingerprint density at radius 3 is 2.38 bits per heavy atom. The molecule has 0 fully saturated rings. The van der Waals surface area contributed by atoms with Gasteiger partial charge in [0, 0.05) is 24.1 Å². The molecule has 0 radical (unpaired) electrons. The standard InChI is InChI=1S/C23H27NO2/c1-4-13-26-16-23(2,3)15-24-22(25)21-14-17-9-5-6-10-18(17)19-11-7-8-12-20(19)21/h5-12,14H,4,13,15-16H2,1-3H3,(H,24,25). The van der Waals surface area contributed by atoms with Crippen molar-refractivity contribution in [2.24, 2.45) is 5.41 Å². The first-order valence-electron chi connectivity index (χ1n) is 9.28. The SMILES string of the molecule is CCCOCC(C)(C)CNC(=O)c1cc2ccccc2c2ccccc12. The van der Waals surface area contributed by atoms with E-state index in [2.05, 4.69) is 44.3 Å². The zero-order chi connectivity index (χ0) is 18.6. The van der Waals surface area contributed by atoms with Gasteiger partial charge in [0.15, 0.2) is 0 Å². The van der Waals surface area contributed by atoms with Crippen molar-refractivity contribution in [2.75, 3.05) is 19.8 Å². The third kappa shape index (κ3) is 4.05. The highest BCUT2D eigenvalue weighted by Crippen LogP contribution is 2.28. The maximum absolute atomic E-state index is 12.9. The van der Waals surface area contributed by atoms with Crippen LogP contribution in [-0.2, 0) is 4.74 Å². The first-order chi connectivity index (χ1) is 12.5. The summed E-state index contributed by atoms with van der Waals surface area (Å²) in [7, 11) is 0. The van der Waals surface area contributed by atoms with Gasteiger partial charge >= 0.3 is 0 Å². The molecule has 0 unspecified atom stereocenters. The van der Waals surface area contributed by atoms with Crippen molar-refractivity contribution in [1.82, 2.24) is 5.32 Å². The monoisotopic (exact) mass is 349 g/mol. The summed E-state index contributed by atoms with van der Waals surface area (Å²) in [4.78, 5) is 12.9. The van der Waals surface area contributed by atoms with E-state index in [1.807, 2.05) is 36.4 Å². The minimum absolute atomic E-state index is 0.0319. The summed E-state index contributed by atoms with van der Waals surface area (Å²) in [6.45, 7) is 8.30. The highest BCUT2D eigenvalue weighted by molar-refractivity contribution is 6.17. The molecule has 0 saturated heterocycles. The number of nitrogens with one attached hydrogen (secondary N) is 1. The average molecular weight is 349 g/mol. The summed E-state index contributed by atoms with van der Waals surface area (Å²) in [5, 5.41) is 7.47. The Morgan fingerprint density at radius 1 is 1.00 bits per heavy atom. The van der Waals surface area contributed by atoms with Crippen LogP contribution in [0.4, 0.5) is 0 Å². The number of hydrogen-bond donors (Lipinski definition) is 1. The number of rotatable bonds is 7. The molecular weight excluding hydrogens is 322 g/mol. The smallest absolute Gasteiger partial charge is 0.251 e. The molecular formula is C23H27NO2. The Labute approximate surface area is 155 Å². The second kappa shape index (κ2) is 7.88. The average Bonchev–Trinajstić information content (AvgIpc) is 2.65. The summed E-state index contributed by atoms with van der Waals surface area (Å²) in [5.41, 5.74) is 0.627. The van der Waals surface area contributed by atoms with E-state index >= 15 is 0 Å². The fourth-order valence-electron chi connectivity index (χ4n) is 3.20. The van der Waals surface area contributed by atoms with Crippen molar-refractivity contribution >= 4 is 27.5 Å². The lowest BCUT2D eigenvalue weighted by atomic mass is 9.94. The predicted molar refractivity (Wildman–Crippen MR) is 109 cm³/mol. The molecule has 3 aromatic carbocycles. The molecule has 0 saturated carbocycles. The topological polar surface area (TPSA) is 38.3 Å². The third-order valence-corrected chi connectivity index (χ3v) is 4.58. The van der Waals surface area contributed by atoms with Gasteiger partial charge in [0.25, 0.3) is 5.91 Å². The Balaban J connectivity index is 1.86. The lowest BCUT2D eigenvalue weighted by Crippen LogP contribution is -2.37. The van der Waals surface area contributed by atoms with Crippen LogP contribution in [0.25, 0.3) is 21.5 Å². The fraction of sp³-hybridized carbons (Fsp3) is 0.348. The molecule has 3 rings (SSSR count). The van der Waals surface area contributed by atoms with Gasteiger partial charge in [0.2, 0.25) is 0 Å². The molecule has 0 aromatic heterocycles. The van der Waals surface area contributed by atoms with Gasteiger partial charge in [-0.2, -0.15) is 0 Å². The summed E-state index contributed by atoms with van der Waals surface area (Å²) in [6.07, 6.45) is 1.01. The fourth-order valence-corrected chi connectivity index (χ4v) is 3.20. The first-order valence-corrected chi connectivity index (χ1v) is 9.28. The van der Waals surface area contributed by atoms with Crippen LogP contribution >= 0.6 is 0 Å². The normalized spacial score (nSPS) is 11.8. The summed E-state index contributed by atoms with van der Waals surface area (Å²) < 4.78 is 5.66. The van der Waals surface area contributed by atoms with Gasteiger partial charge < -0.3 is 10.1 Å². The molecule has 0 atom stereocenters. The molecule has 0 bridgehead atoms. The first kappa shape index (κ1) is 18.4. The van der Waals surface area contributed by atoms with Crippen LogP contribution in [0.5, 0.6) is 0 Å². The summed E-state index contributed by atoms with van der Waals surface area (Å²) in [5.74, 6) is -0.0319. The molecule has 0 spiro atoms. The van der Waals surface area contributed by atoms with E-state index in [4.69, 9.17) is 4.74 Å². The minimum Gasteiger partial charge on any atom is -0.381 e. The molecule has 136 valence electrons. The second-order valence-electron chi connectivity index (χ2n) is 7.59. The molecule has 3 aromatic rings. The maximum Gasteiger partial charge on any atom is 0.251 e. The van der Waals surface area contributed by atoms with Crippen LogP contribution in [0.1, 0.15) is 37.6 Å². The summed E-state index contributed by atoms with van der Waals surface area (Å²) >= 11 is 0. The lowest BCUT2D eigenvalue weighted by Gasteiger charge is -2.25. The zero-order valence-electron chi connectivity index (χ0n) is 15.8. The van der Waals surface area contributed by atoms with E-state index in [1.165, 1.54) is 5.39 Å². The van der Waals surface area contributed by atoms with Crippen LogP contribution in [-0.4, -0.2) is 25.7 Å². The van der Waals surface area contributed by atoms with E-state index in [9.17, 15) is 4.79 Å². The Kier molecular flexibility index (Phi) is 5.58.